The van der Waals surface area contributed by atoms with Gasteiger partial charge in [-0.3, -0.25) is 23.7 Å². The van der Waals surface area contributed by atoms with E-state index in [1.165, 1.54) is 41.2 Å². The number of imide groups is 1. The van der Waals surface area contributed by atoms with E-state index < -0.39 is 63.7 Å². The molecule has 1 saturated heterocycles. The predicted molar refractivity (Wildman–Crippen MR) is 151 cm³/mol. The second-order valence-corrected chi connectivity index (χ2v) is 12.3. The Morgan fingerprint density at radius 2 is 1.76 bits per heavy atom. The number of hydrogen-bond donors (Lipinski definition) is 1. The molecule has 0 bridgehead atoms. The fourth-order valence-electron chi connectivity index (χ4n) is 5.09. The van der Waals surface area contributed by atoms with Gasteiger partial charge < -0.3 is 9.73 Å². The van der Waals surface area contributed by atoms with Crippen molar-refractivity contribution in [3.05, 3.63) is 96.8 Å². The molecule has 0 saturated carbocycles. The summed E-state index contributed by atoms with van der Waals surface area (Å²) in [6.07, 6.45) is -3.46. The van der Waals surface area contributed by atoms with Gasteiger partial charge in [-0.1, -0.05) is 58.4 Å². The van der Waals surface area contributed by atoms with Crippen molar-refractivity contribution < 1.29 is 32.0 Å². The lowest BCUT2D eigenvalue weighted by atomic mass is 9.86. The quantitative estimate of drug-likeness (QED) is 0.255. The molecule has 8 nitrogen and oxygen atoms in total. The number of furan rings is 1. The molecule has 15 heteroatoms. The van der Waals surface area contributed by atoms with Crippen molar-refractivity contribution in [2.24, 2.45) is 5.92 Å². The zero-order valence-electron chi connectivity index (χ0n) is 20.9. The molecule has 2 aliphatic rings. The number of thioether (sulfide) groups is 1. The number of benzene rings is 2. The Morgan fingerprint density at radius 3 is 2.45 bits per heavy atom. The SMILES string of the molecule is O=C(Cn1c2c(sc1=O)[C@H](c1ccco1)C1C(=O)N(c3ccccc3C(F)(F)F)C(=O)C1S2)Nc1ccc(Cl)c(Cl)c1. The lowest BCUT2D eigenvalue weighted by Crippen LogP contribution is -2.33. The Balaban J connectivity index is 1.39. The van der Waals surface area contributed by atoms with Crippen molar-refractivity contribution in [1.82, 2.24) is 4.57 Å². The van der Waals surface area contributed by atoms with E-state index in [0.29, 0.717) is 15.5 Å². The van der Waals surface area contributed by atoms with Gasteiger partial charge in [-0.25, -0.2) is 4.90 Å². The number of carbonyl (C=O) groups excluding carboxylic acids is 3. The lowest BCUT2D eigenvalue weighted by Gasteiger charge is -2.29. The van der Waals surface area contributed by atoms with E-state index >= 15 is 0 Å². The van der Waals surface area contributed by atoms with Gasteiger partial charge in [0.05, 0.1) is 49.3 Å². The highest BCUT2D eigenvalue weighted by Gasteiger charge is 2.58. The van der Waals surface area contributed by atoms with Crippen molar-refractivity contribution in [3.63, 3.8) is 0 Å². The molecule has 2 unspecified atom stereocenters. The van der Waals surface area contributed by atoms with Gasteiger partial charge >= 0.3 is 11.0 Å². The Hall–Kier alpha value is -3.52. The van der Waals surface area contributed by atoms with Crippen molar-refractivity contribution in [3.8, 4) is 0 Å². The number of anilines is 2. The van der Waals surface area contributed by atoms with Crippen LogP contribution in [0.5, 0.6) is 0 Å². The second-order valence-electron chi connectivity index (χ2n) is 9.38. The van der Waals surface area contributed by atoms with E-state index in [1.807, 2.05) is 0 Å². The normalized spacial score (nSPS) is 20.0. The maximum Gasteiger partial charge on any atom is 0.418 e. The summed E-state index contributed by atoms with van der Waals surface area (Å²) in [4.78, 5) is 54.0. The zero-order valence-corrected chi connectivity index (χ0v) is 24.0. The van der Waals surface area contributed by atoms with Crippen LogP contribution in [0.2, 0.25) is 10.0 Å². The summed E-state index contributed by atoms with van der Waals surface area (Å²) in [5, 5.41) is 2.20. The van der Waals surface area contributed by atoms with Crippen molar-refractivity contribution in [2.75, 3.05) is 10.2 Å². The number of rotatable bonds is 5. The molecule has 0 aliphatic carbocycles. The highest BCUT2D eigenvalue weighted by atomic mass is 35.5. The first-order valence-electron chi connectivity index (χ1n) is 12.2. The van der Waals surface area contributed by atoms with Crippen molar-refractivity contribution in [2.45, 2.75) is 28.9 Å². The molecule has 4 heterocycles. The highest BCUT2D eigenvalue weighted by molar-refractivity contribution is 8.00. The molecule has 2 aliphatic heterocycles. The van der Waals surface area contributed by atoms with Gasteiger partial charge in [-0.2, -0.15) is 13.2 Å². The maximum atomic E-state index is 13.9. The topological polar surface area (TPSA) is 102 Å². The minimum absolute atomic E-state index is 0.212. The fourth-order valence-corrected chi connectivity index (χ4v) is 8.15. The molecule has 42 heavy (non-hydrogen) atoms. The van der Waals surface area contributed by atoms with E-state index in [-0.39, 0.29) is 20.8 Å². The Bertz CT molecular complexity index is 1800. The number of fused-ring (bicyclic) bond motifs is 2. The van der Waals surface area contributed by atoms with Gasteiger partial charge in [-0.15, -0.1) is 0 Å². The van der Waals surface area contributed by atoms with Gasteiger partial charge in [0, 0.05) is 5.69 Å². The summed E-state index contributed by atoms with van der Waals surface area (Å²) >= 11 is 13.6. The number of alkyl halides is 3. The van der Waals surface area contributed by atoms with Crippen LogP contribution in [0.25, 0.3) is 0 Å². The van der Waals surface area contributed by atoms with E-state index in [9.17, 15) is 32.3 Å². The minimum atomic E-state index is -4.82. The number of nitrogens with zero attached hydrogens (tertiary/aromatic N) is 2. The number of nitrogens with one attached hydrogen (secondary N) is 1. The van der Waals surface area contributed by atoms with Crippen LogP contribution < -0.4 is 15.1 Å². The first-order valence-corrected chi connectivity index (χ1v) is 14.6. The maximum absolute atomic E-state index is 13.9. The van der Waals surface area contributed by atoms with Crippen LogP contribution in [0.3, 0.4) is 0 Å². The lowest BCUT2D eigenvalue weighted by molar-refractivity contribution is -0.137. The van der Waals surface area contributed by atoms with Gasteiger partial charge in [0.15, 0.2) is 0 Å². The van der Waals surface area contributed by atoms with Gasteiger partial charge in [0.2, 0.25) is 17.7 Å². The van der Waals surface area contributed by atoms with E-state index in [0.717, 1.165) is 35.2 Å². The highest BCUT2D eigenvalue weighted by Crippen LogP contribution is 2.54. The first kappa shape index (κ1) is 28.6. The third-order valence-electron chi connectivity index (χ3n) is 6.85. The Morgan fingerprint density at radius 1 is 1.00 bits per heavy atom. The summed E-state index contributed by atoms with van der Waals surface area (Å²) in [6, 6.07) is 11.9. The molecule has 2 aromatic heterocycles. The predicted octanol–water partition coefficient (Wildman–Crippen LogP) is 6.26. The van der Waals surface area contributed by atoms with E-state index in [4.69, 9.17) is 27.6 Å². The molecular weight excluding hydrogens is 638 g/mol. The summed E-state index contributed by atoms with van der Waals surface area (Å²) in [5.74, 6) is -4.13. The molecule has 216 valence electrons. The smallest absolute Gasteiger partial charge is 0.418 e. The van der Waals surface area contributed by atoms with Crippen LogP contribution >= 0.6 is 46.3 Å². The number of halogens is 5. The monoisotopic (exact) mass is 653 g/mol. The van der Waals surface area contributed by atoms with Crippen LogP contribution in [0.1, 0.15) is 22.1 Å². The summed E-state index contributed by atoms with van der Waals surface area (Å²) in [6.45, 7) is -0.442. The molecule has 4 aromatic rings. The molecule has 6 rings (SSSR count). The third kappa shape index (κ3) is 4.83. The average Bonchev–Trinajstić information content (AvgIpc) is 3.63. The number of amides is 3. The van der Waals surface area contributed by atoms with Crippen molar-refractivity contribution >= 4 is 75.4 Å². The molecule has 0 radical (unpaired) electrons. The van der Waals surface area contributed by atoms with Crippen molar-refractivity contribution in [1.29, 1.82) is 0 Å². The van der Waals surface area contributed by atoms with Crippen LogP contribution in [0, 0.1) is 5.92 Å². The Labute approximate surface area is 253 Å². The summed E-state index contributed by atoms with van der Waals surface area (Å²) in [5.41, 5.74) is -1.37. The second kappa shape index (κ2) is 10.6. The largest absolute Gasteiger partial charge is 0.469 e. The van der Waals surface area contributed by atoms with E-state index in [1.54, 1.807) is 12.1 Å². The van der Waals surface area contributed by atoms with Crippen LogP contribution in [0.15, 0.2) is 75.1 Å². The van der Waals surface area contributed by atoms with Gasteiger partial charge in [0.25, 0.3) is 0 Å². The average molecular weight is 654 g/mol. The van der Waals surface area contributed by atoms with Gasteiger partial charge in [0.1, 0.15) is 17.6 Å². The van der Waals surface area contributed by atoms with Crippen LogP contribution in [0.4, 0.5) is 24.5 Å². The molecule has 1 fully saturated rings. The van der Waals surface area contributed by atoms with Crippen LogP contribution in [-0.4, -0.2) is 27.5 Å². The molecule has 2 aromatic carbocycles. The van der Waals surface area contributed by atoms with E-state index in [2.05, 4.69) is 5.32 Å². The summed E-state index contributed by atoms with van der Waals surface area (Å²) in [7, 11) is 0. The molecule has 3 amide bonds. The first-order chi connectivity index (χ1) is 20.0. The number of hydrogen-bond acceptors (Lipinski definition) is 7. The Kier molecular flexibility index (Phi) is 7.24. The summed E-state index contributed by atoms with van der Waals surface area (Å²) < 4.78 is 48.3. The minimum Gasteiger partial charge on any atom is -0.469 e. The molecular formula is C27H16Cl2F3N3O5S2. The number of para-hydroxylation sites is 1. The molecule has 1 N–H and O–H groups in total. The fraction of sp³-hybridized carbons (Fsp3) is 0.185. The number of thiazole rings is 1. The number of carbonyl (C=O) groups is 3. The molecule has 0 spiro atoms. The molecule has 3 atom stereocenters. The van der Waals surface area contributed by atoms with Gasteiger partial charge in [-0.05, 0) is 42.5 Å². The zero-order chi connectivity index (χ0) is 29.9. The third-order valence-corrected chi connectivity index (χ3v) is 10.2. The number of aromatic nitrogens is 1. The van der Waals surface area contributed by atoms with Crippen LogP contribution in [-0.2, 0) is 27.1 Å². The standard InChI is InChI=1S/C27H16Cl2F3N3O5S2/c28-14-8-7-12(10-15(14)29)33-18(36)11-34-25-22(42-26(34)39)19(17-6-3-9-40-17)20-21(41-25)24(38)35(23(20)37)16-5-2-1-4-13(16)27(30,31)32/h1-10,19-21H,11H2,(H,33,36)/t19-,20?,21?/m1/s1.